The molecule has 0 spiro atoms. The first-order chi connectivity index (χ1) is 12.0. The Balaban J connectivity index is 1.85. The topological polar surface area (TPSA) is 79.4 Å². The number of amides is 1. The molecule has 1 fully saturated rings. The molecule has 1 saturated carbocycles. The third-order valence-corrected chi connectivity index (χ3v) is 7.64. The molecular weight excluding hydrogens is 358 g/mol. The van der Waals surface area contributed by atoms with Crippen molar-refractivity contribution >= 4 is 42.6 Å². The minimum absolute atomic E-state index is 0.0209. The van der Waals surface area contributed by atoms with Crippen LogP contribution in [-0.4, -0.2) is 36.7 Å². The van der Waals surface area contributed by atoms with E-state index in [2.05, 4.69) is 10.3 Å². The number of sulfonamides is 1. The van der Waals surface area contributed by atoms with Crippen LogP contribution in [0.2, 0.25) is 0 Å². The van der Waals surface area contributed by atoms with E-state index >= 15 is 0 Å². The van der Waals surface area contributed by atoms with Gasteiger partial charge in [0.05, 0.1) is 15.1 Å². The summed E-state index contributed by atoms with van der Waals surface area (Å²) in [5, 5.41) is 3.42. The van der Waals surface area contributed by atoms with Crippen molar-refractivity contribution in [2.24, 2.45) is 5.92 Å². The number of carbonyl (C=O) groups is 1. The number of anilines is 1. The van der Waals surface area contributed by atoms with Crippen LogP contribution in [-0.2, 0) is 14.8 Å². The third-order valence-electron chi connectivity index (χ3n) is 4.66. The molecule has 0 unspecified atom stereocenters. The molecule has 0 radical (unpaired) electrons. The van der Waals surface area contributed by atoms with Gasteiger partial charge in [0.1, 0.15) is 0 Å². The lowest BCUT2D eigenvalue weighted by atomic mass is 10.1. The fourth-order valence-electron chi connectivity index (χ4n) is 3.23. The molecule has 0 bridgehead atoms. The normalized spacial score (nSPS) is 16.0. The van der Waals surface area contributed by atoms with Crippen molar-refractivity contribution < 1.29 is 13.2 Å². The highest BCUT2D eigenvalue weighted by atomic mass is 32.2. The molecule has 0 atom stereocenters. The second-order valence-electron chi connectivity index (χ2n) is 6.21. The minimum atomic E-state index is -3.49. The van der Waals surface area contributed by atoms with Gasteiger partial charge in [-0.25, -0.2) is 13.4 Å². The Bertz CT molecular complexity index is 866. The lowest BCUT2D eigenvalue weighted by Gasteiger charge is -2.18. The van der Waals surface area contributed by atoms with Crippen LogP contribution in [0.5, 0.6) is 0 Å². The van der Waals surface area contributed by atoms with E-state index in [9.17, 15) is 13.2 Å². The number of nitrogens with one attached hydrogen (secondary N) is 1. The van der Waals surface area contributed by atoms with Gasteiger partial charge in [0.2, 0.25) is 15.9 Å². The molecule has 1 aromatic heterocycles. The van der Waals surface area contributed by atoms with Crippen molar-refractivity contribution in [2.75, 3.05) is 18.4 Å². The molecule has 1 heterocycles. The highest BCUT2D eigenvalue weighted by Gasteiger charge is 2.24. The molecular formula is C17H23N3O3S2. The van der Waals surface area contributed by atoms with E-state index in [1.807, 2.05) is 13.8 Å². The Morgan fingerprint density at radius 1 is 1.28 bits per heavy atom. The SMILES string of the molecule is CCN(CC)S(=O)(=O)c1ccc2nc(NC(=O)C3CCCC3)sc2c1. The van der Waals surface area contributed by atoms with Gasteiger partial charge in [-0.2, -0.15) is 4.31 Å². The number of benzene rings is 1. The maximum absolute atomic E-state index is 12.6. The summed E-state index contributed by atoms with van der Waals surface area (Å²) in [6, 6.07) is 4.93. The van der Waals surface area contributed by atoms with Crippen LogP contribution in [0.1, 0.15) is 39.5 Å². The molecule has 1 aliphatic rings. The zero-order valence-electron chi connectivity index (χ0n) is 14.5. The molecule has 1 N–H and O–H groups in total. The molecule has 1 amide bonds. The molecule has 0 aliphatic heterocycles. The zero-order valence-corrected chi connectivity index (χ0v) is 16.1. The number of thiazole rings is 1. The van der Waals surface area contributed by atoms with E-state index in [-0.39, 0.29) is 16.7 Å². The standard InChI is InChI=1S/C17H23N3O3S2/c1-3-20(4-2)25(22,23)13-9-10-14-15(11-13)24-17(18-14)19-16(21)12-7-5-6-8-12/h9-12H,3-8H2,1-2H3,(H,18,19,21). The van der Waals surface area contributed by atoms with Crippen molar-refractivity contribution in [3.63, 3.8) is 0 Å². The van der Waals surface area contributed by atoms with Gasteiger partial charge in [0.15, 0.2) is 5.13 Å². The van der Waals surface area contributed by atoms with Crippen LogP contribution in [0.4, 0.5) is 5.13 Å². The van der Waals surface area contributed by atoms with Crippen LogP contribution in [0.15, 0.2) is 23.1 Å². The van der Waals surface area contributed by atoms with Gasteiger partial charge in [0, 0.05) is 19.0 Å². The molecule has 3 rings (SSSR count). The van der Waals surface area contributed by atoms with Gasteiger partial charge >= 0.3 is 0 Å². The van der Waals surface area contributed by atoms with Gasteiger partial charge in [-0.1, -0.05) is 38.0 Å². The largest absolute Gasteiger partial charge is 0.302 e. The number of aromatic nitrogens is 1. The van der Waals surface area contributed by atoms with Gasteiger partial charge in [-0.05, 0) is 31.0 Å². The summed E-state index contributed by atoms with van der Waals surface area (Å²) in [6.07, 6.45) is 4.07. The van der Waals surface area contributed by atoms with Gasteiger partial charge < -0.3 is 5.32 Å². The van der Waals surface area contributed by atoms with E-state index in [0.29, 0.717) is 23.7 Å². The maximum atomic E-state index is 12.6. The molecule has 1 aromatic carbocycles. The summed E-state index contributed by atoms with van der Waals surface area (Å²) in [6.45, 7) is 4.51. The van der Waals surface area contributed by atoms with Gasteiger partial charge in [-0.3, -0.25) is 4.79 Å². The number of rotatable bonds is 6. The zero-order chi connectivity index (χ0) is 18.0. The summed E-state index contributed by atoms with van der Waals surface area (Å²) >= 11 is 1.32. The lowest BCUT2D eigenvalue weighted by molar-refractivity contribution is -0.119. The Hall–Kier alpha value is -1.51. The molecule has 0 saturated heterocycles. The number of hydrogen-bond acceptors (Lipinski definition) is 5. The fourth-order valence-corrected chi connectivity index (χ4v) is 5.69. The quantitative estimate of drug-likeness (QED) is 0.831. The Morgan fingerprint density at radius 2 is 1.96 bits per heavy atom. The van der Waals surface area contributed by atoms with Crippen LogP contribution in [0.3, 0.4) is 0 Å². The Kier molecular flexibility index (Phi) is 5.41. The Morgan fingerprint density at radius 3 is 2.60 bits per heavy atom. The van der Waals surface area contributed by atoms with Crippen molar-refractivity contribution in [1.82, 2.24) is 9.29 Å². The molecule has 6 nitrogen and oxygen atoms in total. The third kappa shape index (κ3) is 3.70. The summed E-state index contributed by atoms with van der Waals surface area (Å²) in [4.78, 5) is 16.9. The van der Waals surface area contributed by atoms with E-state index in [4.69, 9.17) is 0 Å². The van der Waals surface area contributed by atoms with Crippen molar-refractivity contribution in [1.29, 1.82) is 0 Å². The molecule has 8 heteroatoms. The van der Waals surface area contributed by atoms with Crippen molar-refractivity contribution in [3.05, 3.63) is 18.2 Å². The second kappa shape index (κ2) is 7.39. The number of nitrogens with zero attached hydrogens (tertiary/aromatic N) is 2. The molecule has 2 aromatic rings. The average molecular weight is 382 g/mol. The summed E-state index contributed by atoms with van der Waals surface area (Å²) in [7, 11) is -3.49. The lowest BCUT2D eigenvalue weighted by Crippen LogP contribution is -2.30. The minimum Gasteiger partial charge on any atom is -0.302 e. The molecule has 1 aliphatic carbocycles. The number of fused-ring (bicyclic) bond motifs is 1. The monoisotopic (exact) mass is 381 g/mol. The first-order valence-corrected chi connectivity index (χ1v) is 10.9. The van der Waals surface area contributed by atoms with Crippen LogP contribution < -0.4 is 5.32 Å². The van der Waals surface area contributed by atoms with Gasteiger partial charge in [0.25, 0.3) is 0 Å². The van der Waals surface area contributed by atoms with Gasteiger partial charge in [-0.15, -0.1) is 0 Å². The summed E-state index contributed by atoms with van der Waals surface area (Å²) in [5.41, 5.74) is 0.699. The highest BCUT2D eigenvalue weighted by molar-refractivity contribution is 7.89. The predicted molar refractivity (Wildman–Crippen MR) is 100 cm³/mol. The second-order valence-corrected chi connectivity index (χ2v) is 9.18. The van der Waals surface area contributed by atoms with E-state index in [1.165, 1.54) is 15.6 Å². The van der Waals surface area contributed by atoms with E-state index < -0.39 is 10.0 Å². The number of carbonyl (C=O) groups excluding carboxylic acids is 1. The number of hydrogen-bond donors (Lipinski definition) is 1. The average Bonchev–Trinajstić information content (AvgIpc) is 3.24. The first kappa shape index (κ1) is 18.3. The highest BCUT2D eigenvalue weighted by Crippen LogP contribution is 2.31. The predicted octanol–water partition coefficient (Wildman–Crippen LogP) is 3.46. The van der Waals surface area contributed by atoms with E-state index in [0.717, 1.165) is 30.4 Å². The smallest absolute Gasteiger partial charge is 0.243 e. The Labute approximate surface area is 152 Å². The van der Waals surface area contributed by atoms with E-state index in [1.54, 1.807) is 18.2 Å². The van der Waals surface area contributed by atoms with Crippen LogP contribution >= 0.6 is 11.3 Å². The van der Waals surface area contributed by atoms with Crippen molar-refractivity contribution in [3.8, 4) is 0 Å². The summed E-state index contributed by atoms with van der Waals surface area (Å²) < 4.78 is 27.5. The van der Waals surface area contributed by atoms with Crippen molar-refractivity contribution in [2.45, 2.75) is 44.4 Å². The maximum Gasteiger partial charge on any atom is 0.243 e. The fraction of sp³-hybridized carbons (Fsp3) is 0.529. The summed E-state index contributed by atoms with van der Waals surface area (Å²) in [5.74, 6) is 0.0955. The van der Waals surface area contributed by atoms with Crippen LogP contribution in [0.25, 0.3) is 10.2 Å². The molecule has 136 valence electrons. The first-order valence-electron chi connectivity index (χ1n) is 8.67. The van der Waals surface area contributed by atoms with Crippen LogP contribution in [0, 0.1) is 5.92 Å². The molecule has 25 heavy (non-hydrogen) atoms.